The van der Waals surface area contributed by atoms with Crippen molar-refractivity contribution in [1.82, 2.24) is 15.8 Å². The van der Waals surface area contributed by atoms with Gasteiger partial charge in [-0.1, -0.05) is 64.4 Å². The number of hydroxylamine groups is 1. The number of benzene rings is 1. The summed E-state index contributed by atoms with van der Waals surface area (Å²) in [5.74, 6) is 0.181. The van der Waals surface area contributed by atoms with Gasteiger partial charge in [-0.15, -0.1) is 0 Å². The molecule has 9 heteroatoms. The quantitative estimate of drug-likeness (QED) is 0.221. The molecule has 0 atom stereocenters. The Morgan fingerprint density at radius 3 is 2.37 bits per heavy atom. The van der Waals surface area contributed by atoms with E-state index < -0.39 is 8.32 Å². The number of hydrogen-bond acceptors (Lipinski definition) is 6. The van der Waals surface area contributed by atoms with Crippen LogP contribution in [0.25, 0.3) is 0 Å². The predicted molar refractivity (Wildman–Crippen MR) is 121 cm³/mol. The first-order valence-electron chi connectivity index (χ1n) is 10.3. The van der Waals surface area contributed by atoms with E-state index in [4.69, 9.17) is 20.7 Å². The third-order valence-corrected chi connectivity index (χ3v) is 12.1. The highest BCUT2D eigenvalue weighted by Crippen LogP contribution is 2.42. The van der Waals surface area contributed by atoms with Crippen molar-refractivity contribution < 1.29 is 14.3 Å². The summed E-state index contributed by atoms with van der Waals surface area (Å²) in [6, 6.07) is 5.62. The Kier molecular flexibility index (Phi) is 8.60. The van der Waals surface area contributed by atoms with E-state index in [1.54, 1.807) is 0 Å². The molecule has 0 aliphatic heterocycles. The lowest BCUT2D eigenvalue weighted by atomic mass is 10.1. The number of aliphatic imine (C=N–C) groups is 1. The molecule has 2 rings (SSSR count). The maximum atomic E-state index is 9.67. The average molecular weight is 453 g/mol. The highest BCUT2D eigenvalue weighted by molar-refractivity contribution is 6.77. The summed E-state index contributed by atoms with van der Waals surface area (Å²) >= 11 is 6.09. The summed E-state index contributed by atoms with van der Waals surface area (Å²) in [4.78, 5) is 4.46. The summed E-state index contributed by atoms with van der Waals surface area (Å²) in [6.45, 7) is 15.9. The third-order valence-electron chi connectivity index (χ3n) is 5.77. The van der Waals surface area contributed by atoms with Gasteiger partial charge in [-0.25, -0.2) is 4.63 Å². The maximum absolute atomic E-state index is 9.67. The summed E-state index contributed by atoms with van der Waals surface area (Å²) in [7, 11) is -2.08. The van der Waals surface area contributed by atoms with Gasteiger partial charge in [-0.05, 0) is 52.0 Å². The van der Waals surface area contributed by atoms with E-state index in [9.17, 15) is 5.21 Å². The predicted octanol–water partition coefficient (Wildman–Crippen LogP) is 5.65. The zero-order valence-electron chi connectivity index (χ0n) is 18.9. The molecule has 0 aliphatic rings. The van der Waals surface area contributed by atoms with Crippen molar-refractivity contribution in [3.05, 3.63) is 45.7 Å². The normalized spacial score (nSPS) is 13.0. The second-order valence-electron chi connectivity index (χ2n) is 8.51. The van der Waals surface area contributed by atoms with E-state index >= 15 is 0 Å². The lowest BCUT2D eigenvalue weighted by molar-refractivity contribution is 0.233. The van der Waals surface area contributed by atoms with Crippen LogP contribution in [0, 0.1) is 6.92 Å². The van der Waals surface area contributed by atoms with Crippen LogP contribution in [0.15, 0.2) is 27.8 Å². The number of aryl methyl sites for hydroxylation is 1. The SMILES string of the molecule is Cc1ccc(Cl)cc1CN=C(NO)c1nonc1CO[Si](C(C)C)(C(C)C)C(C)C. The fraction of sp³-hybridized carbons (Fsp3) is 0.571. The van der Waals surface area contributed by atoms with Gasteiger partial charge >= 0.3 is 0 Å². The van der Waals surface area contributed by atoms with Gasteiger partial charge in [-0.3, -0.25) is 15.7 Å². The summed E-state index contributed by atoms with van der Waals surface area (Å²) in [5, 5.41) is 18.3. The van der Waals surface area contributed by atoms with Gasteiger partial charge in [0.05, 0.1) is 13.2 Å². The highest BCUT2D eigenvalue weighted by Gasteiger charge is 2.45. The summed E-state index contributed by atoms with van der Waals surface area (Å²) < 4.78 is 11.5. The number of amidine groups is 1. The minimum Gasteiger partial charge on any atom is -0.410 e. The molecule has 1 aromatic heterocycles. The monoisotopic (exact) mass is 452 g/mol. The molecule has 2 N–H and O–H groups in total. The lowest BCUT2D eigenvalue weighted by Gasteiger charge is -2.41. The van der Waals surface area contributed by atoms with Crippen LogP contribution >= 0.6 is 11.6 Å². The van der Waals surface area contributed by atoms with Gasteiger partial charge in [0, 0.05) is 5.02 Å². The molecule has 0 aliphatic carbocycles. The van der Waals surface area contributed by atoms with Crippen LogP contribution in [-0.2, 0) is 17.6 Å². The van der Waals surface area contributed by atoms with Crippen LogP contribution < -0.4 is 5.48 Å². The zero-order chi connectivity index (χ0) is 22.5. The largest absolute Gasteiger partial charge is 0.410 e. The first kappa shape index (κ1) is 24.5. The van der Waals surface area contributed by atoms with Crippen molar-refractivity contribution in [3.63, 3.8) is 0 Å². The second-order valence-corrected chi connectivity index (χ2v) is 14.4. The minimum absolute atomic E-state index is 0.181. The summed E-state index contributed by atoms with van der Waals surface area (Å²) in [5.41, 5.74) is 6.31. The van der Waals surface area contributed by atoms with Crippen molar-refractivity contribution >= 4 is 25.8 Å². The van der Waals surface area contributed by atoms with Crippen molar-refractivity contribution in [1.29, 1.82) is 0 Å². The first-order chi connectivity index (χ1) is 14.1. The molecule has 166 valence electrons. The summed E-state index contributed by atoms with van der Waals surface area (Å²) in [6.07, 6.45) is 0. The topological polar surface area (TPSA) is 92.8 Å². The standard InChI is InChI=1S/C21H33ClN4O3Si/c1-13(2)30(14(3)4,15(5)6)28-12-19-20(26-29-25-19)21(24-27)23-11-17-10-18(22)9-8-16(17)7/h8-10,13-15,27H,11-12H2,1-7H3,(H,23,24). The molecule has 0 fully saturated rings. The van der Waals surface area contributed by atoms with E-state index in [1.165, 1.54) is 0 Å². The Morgan fingerprint density at radius 2 is 1.80 bits per heavy atom. The number of halogens is 1. The van der Waals surface area contributed by atoms with Crippen molar-refractivity contribution in [2.24, 2.45) is 4.99 Å². The molecule has 2 aromatic rings. The van der Waals surface area contributed by atoms with Gasteiger partial charge in [0.2, 0.25) is 8.32 Å². The highest BCUT2D eigenvalue weighted by atomic mass is 35.5. The van der Waals surface area contributed by atoms with E-state index in [2.05, 4.69) is 62.3 Å². The number of rotatable bonds is 9. The Hall–Kier alpha value is -1.74. The van der Waals surface area contributed by atoms with Crippen molar-refractivity contribution in [2.75, 3.05) is 0 Å². The first-order valence-corrected chi connectivity index (χ1v) is 12.8. The van der Waals surface area contributed by atoms with Crippen LogP contribution in [0.4, 0.5) is 0 Å². The molecule has 0 radical (unpaired) electrons. The molecule has 7 nitrogen and oxygen atoms in total. The molecule has 0 unspecified atom stereocenters. The number of nitrogens with one attached hydrogen (secondary N) is 1. The zero-order valence-corrected chi connectivity index (χ0v) is 20.6. The molecule has 1 heterocycles. The molecule has 30 heavy (non-hydrogen) atoms. The number of aromatic nitrogens is 2. The molecule has 0 bridgehead atoms. The van der Waals surface area contributed by atoms with E-state index in [0.717, 1.165) is 11.1 Å². The molecule has 0 saturated heterocycles. The van der Waals surface area contributed by atoms with E-state index in [1.807, 2.05) is 25.1 Å². The fourth-order valence-corrected chi connectivity index (χ4v) is 9.89. The van der Waals surface area contributed by atoms with Crippen molar-refractivity contribution in [2.45, 2.75) is 78.2 Å². The smallest absolute Gasteiger partial charge is 0.200 e. The average Bonchev–Trinajstić information content (AvgIpc) is 3.13. The van der Waals surface area contributed by atoms with E-state index in [-0.39, 0.29) is 12.4 Å². The number of nitrogens with zero attached hydrogens (tertiary/aromatic N) is 3. The fourth-order valence-electron chi connectivity index (χ4n) is 4.31. The van der Waals surface area contributed by atoms with Gasteiger partial charge in [0.25, 0.3) is 0 Å². The van der Waals surface area contributed by atoms with Gasteiger partial charge in [-0.2, -0.15) is 0 Å². The minimum atomic E-state index is -2.08. The Bertz CT molecular complexity index is 846. The van der Waals surface area contributed by atoms with Gasteiger partial charge < -0.3 is 4.43 Å². The molecule has 1 aromatic carbocycles. The molecule has 0 spiro atoms. The van der Waals surface area contributed by atoms with Gasteiger partial charge in [0.15, 0.2) is 11.5 Å². The van der Waals surface area contributed by atoms with Crippen molar-refractivity contribution in [3.8, 4) is 0 Å². The molecular formula is C21H33ClN4O3Si. The third kappa shape index (κ3) is 5.29. The Labute approximate surface area is 184 Å². The Morgan fingerprint density at radius 1 is 1.17 bits per heavy atom. The van der Waals surface area contributed by atoms with Crippen LogP contribution in [0.2, 0.25) is 21.6 Å². The molecule has 0 amide bonds. The van der Waals surface area contributed by atoms with Crippen LogP contribution in [-0.4, -0.2) is 29.7 Å². The lowest BCUT2D eigenvalue weighted by Crippen LogP contribution is -2.47. The maximum Gasteiger partial charge on any atom is 0.200 e. The van der Waals surface area contributed by atoms with Gasteiger partial charge in [0.1, 0.15) is 5.69 Å². The van der Waals surface area contributed by atoms with Crippen LogP contribution in [0.3, 0.4) is 0 Å². The molecular weight excluding hydrogens is 420 g/mol. The van der Waals surface area contributed by atoms with Crippen LogP contribution in [0.1, 0.15) is 64.1 Å². The second kappa shape index (κ2) is 10.5. The number of hydrogen-bond donors (Lipinski definition) is 2. The van der Waals surface area contributed by atoms with E-state index in [0.29, 0.717) is 39.6 Å². The molecule has 0 saturated carbocycles. The van der Waals surface area contributed by atoms with Crippen LogP contribution in [0.5, 0.6) is 0 Å². The Balaban J connectivity index is 2.26.